The summed E-state index contributed by atoms with van der Waals surface area (Å²) in [6, 6.07) is 5.23. The Hall–Kier alpha value is -1.84. The zero-order valence-corrected chi connectivity index (χ0v) is 10.3. The molecule has 1 saturated carbocycles. The predicted octanol–water partition coefficient (Wildman–Crippen LogP) is 2.91. The van der Waals surface area contributed by atoms with Gasteiger partial charge >= 0.3 is 5.97 Å². The number of hydrogen-bond acceptors (Lipinski definition) is 2. The largest absolute Gasteiger partial charge is 0.478 e. The molecule has 3 nitrogen and oxygen atoms in total. The van der Waals surface area contributed by atoms with E-state index in [0.29, 0.717) is 17.3 Å². The molecule has 0 bridgehead atoms. The fourth-order valence-electron chi connectivity index (χ4n) is 2.05. The highest BCUT2D eigenvalue weighted by atomic mass is 19.1. The zero-order valence-electron chi connectivity index (χ0n) is 10.3. The van der Waals surface area contributed by atoms with Crippen LogP contribution in [0.1, 0.15) is 24.8 Å². The molecule has 1 aliphatic carbocycles. The van der Waals surface area contributed by atoms with Crippen LogP contribution < -0.4 is 4.90 Å². The number of benzene rings is 1. The molecule has 18 heavy (non-hydrogen) atoms. The molecular formula is C14H16FNO2. The molecular weight excluding hydrogens is 233 g/mol. The van der Waals surface area contributed by atoms with Crippen LogP contribution in [-0.4, -0.2) is 24.2 Å². The van der Waals surface area contributed by atoms with E-state index in [1.54, 1.807) is 12.1 Å². The molecule has 0 spiro atoms. The minimum absolute atomic E-state index is 0.308. The van der Waals surface area contributed by atoms with Crippen molar-refractivity contribution in [2.24, 2.45) is 0 Å². The first-order valence-electron chi connectivity index (χ1n) is 6.01. The van der Waals surface area contributed by atoms with E-state index < -0.39 is 5.97 Å². The monoisotopic (exact) mass is 249 g/mol. The third-order valence-corrected chi connectivity index (χ3v) is 3.39. The molecule has 0 saturated heterocycles. The van der Waals surface area contributed by atoms with Gasteiger partial charge in [0.2, 0.25) is 0 Å². The first-order valence-corrected chi connectivity index (χ1v) is 6.01. The smallest absolute Gasteiger partial charge is 0.328 e. The zero-order chi connectivity index (χ0) is 13.1. The lowest BCUT2D eigenvalue weighted by atomic mass is 9.91. The summed E-state index contributed by atoms with van der Waals surface area (Å²) in [4.78, 5) is 12.3. The third-order valence-electron chi connectivity index (χ3n) is 3.39. The molecule has 1 aromatic rings. The van der Waals surface area contributed by atoms with Crippen molar-refractivity contribution in [1.29, 1.82) is 0 Å². The average Bonchev–Trinajstić information content (AvgIpc) is 2.23. The first-order chi connectivity index (χ1) is 8.58. The van der Waals surface area contributed by atoms with E-state index in [2.05, 4.69) is 0 Å². The predicted molar refractivity (Wildman–Crippen MR) is 69.1 cm³/mol. The van der Waals surface area contributed by atoms with Gasteiger partial charge in [0, 0.05) is 19.2 Å². The van der Waals surface area contributed by atoms with Gasteiger partial charge in [-0.3, -0.25) is 0 Å². The second-order valence-corrected chi connectivity index (χ2v) is 4.58. The van der Waals surface area contributed by atoms with E-state index in [0.717, 1.165) is 18.9 Å². The number of carboxylic acids is 1. The van der Waals surface area contributed by atoms with Crippen LogP contribution >= 0.6 is 0 Å². The molecule has 4 heteroatoms. The summed E-state index contributed by atoms with van der Waals surface area (Å²) in [5.41, 5.74) is 1.13. The summed E-state index contributed by atoms with van der Waals surface area (Å²) >= 11 is 0. The van der Waals surface area contributed by atoms with Crippen molar-refractivity contribution in [3.63, 3.8) is 0 Å². The Morgan fingerprint density at radius 3 is 2.72 bits per heavy atom. The quantitative estimate of drug-likeness (QED) is 0.834. The van der Waals surface area contributed by atoms with Gasteiger partial charge in [-0.1, -0.05) is 6.07 Å². The molecule has 0 heterocycles. The van der Waals surface area contributed by atoms with Crippen LogP contribution in [0.4, 0.5) is 10.1 Å². The average molecular weight is 249 g/mol. The lowest BCUT2D eigenvalue weighted by Crippen LogP contribution is -2.37. The highest BCUT2D eigenvalue weighted by molar-refractivity contribution is 5.85. The number of anilines is 1. The minimum Gasteiger partial charge on any atom is -0.478 e. The van der Waals surface area contributed by atoms with Gasteiger partial charge in [0.1, 0.15) is 5.82 Å². The van der Waals surface area contributed by atoms with Gasteiger partial charge in [0.25, 0.3) is 0 Å². The molecule has 0 aliphatic heterocycles. The van der Waals surface area contributed by atoms with Crippen molar-refractivity contribution in [3.05, 3.63) is 35.7 Å². The van der Waals surface area contributed by atoms with Crippen LogP contribution in [0.15, 0.2) is 24.3 Å². The molecule has 0 amide bonds. The lowest BCUT2D eigenvalue weighted by molar-refractivity contribution is -0.131. The van der Waals surface area contributed by atoms with Gasteiger partial charge in [0.15, 0.2) is 0 Å². The molecule has 0 unspecified atom stereocenters. The van der Waals surface area contributed by atoms with Crippen LogP contribution in [0, 0.1) is 5.82 Å². The number of halogens is 1. The number of hydrogen-bond donors (Lipinski definition) is 1. The van der Waals surface area contributed by atoms with Crippen molar-refractivity contribution < 1.29 is 14.3 Å². The van der Waals surface area contributed by atoms with E-state index in [4.69, 9.17) is 5.11 Å². The van der Waals surface area contributed by atoms with Crippen LogP contribution in [0.3, 0.4) is 0 Å². The molecule has 96 valence electrons. The van der Waals surface area contributed by atoms with Crippen molar-refractivity contribution in [1.82, 2.24) is 0 Å². The Morgan fingerprint density at radius 2 is 2.22 bits per heavy atom. The van der Waals surface area contributed by atoms with Gasteiger partial charge in [-0.2, -0.15) is 0 Å². The maximum Gasteiger partial charge on any atom is 0.328 e. The number of aliphatic carboxylic acids is 1. The van der Waals surface area contributed by atoms with E-state index >= 15 is 0 Å². The van der Waals surface area contributed by atoms with Crippen molar-refractivity contribution in [3.8, 4) is 0 Å². The summed E-state index contributed by atoms with van der Waals surface area (Å²) < 4.78 is 13.9. The minimum atomic E-state index is -1.04. The maximum atomic E-state index is 13.9. The first kappa shape index (κ1) is 12.6. The fourth-order valence-corrected chi connectivity index (χ4v) is 2.05. The summed E-state index contributed by atoms with van der Waals surface area (Å²) in [6.07, 6.45) is 5.81. The summed E-state index contributed by atoms with van der Waals surface area (Å²) in [5.74, 6) is -1.34. The van der Waals surface area contributed by atoms with Gasteiger partial charge in [-0.25, -0.2) is 9.18 Å². The van der Waals surface area contributed by atoms with Crippen LogP contribution in [0.25, 0.3) is 6.08 Å². The SMILES string of the molecule is CN(c1ccc(/C=C/C(=O)O)cc1F)C1CCC1. The number of carbonyl (C=O) groups is 1. The maximum absolute atomic E-state index is 13.9. The van der Waals surface area contributed by atoms with Gasteiger partial charge in [-0.05, 0) is 43.0 Å². The van der Waals surface area contributed by atoms with Gasteiger partial charge in [-0.15, -0.1) is 0 Å². The highest BCUT2D eigenvalue weighted by Gasteiger charge is 2.23. The second-order valence-electron chi connectivity index (χ2n) is 4.58. The van der Waals surface area contributed by atoms with Crippen LogP contribution in [0.5, 0.6) is 0 Å². The van der Waals surface area contributed by atoms with E-state index in [1.807, 2.05) is 11.9 Å². The number of carboxylic acid groups (broad SMARTS) is 1. The Labute approximate surface area is 106 Å². The van der Waals surface area contributed by atoms with Crippen molar-refractivity contribution in [2.45, 2.75) is 25.3 Å². The molecule has 1 aliphatic rings. The summed E-state index contributed by atoms with van der Waals surface area (Å²) in [7, 11) is 1.90. The van der Waals surface area contributed by atoms with Crippen LogP contribution in [0.2, 0.25) is 0 Å². The standard InChI is InChI=1S/C14H16FNO2/c1-16(11-3-2-4-11)13-7-5-10(9-12(13)15)6-8-14(17)18/h5-9,11H,2-4H2,1H3,(H,17,18)/b8-6+. The van der Waals surface area contributed by atoms with Gasteiger partial charge in [0.05, 0.1) is 5.69 Å². The molecule has 0 aromatic heterocycles. The fraction of sp³-hybridized carbons (Fsp3) is 0.357. The molecule has 1 N–H and O–H groups in total. The lowest BCUT2D eigenvalue weighted by Gasteiger charge is -2.36. The highest BCUT2D eigenvalue weighted by Crippen LogP contribution is 2.30. The molecule has 0 radical (unpaired) electrons. The van der Waals surface area contributed by atoms with Gasteiger partial charge < -0.3 is 10.0 Å². The van der Waals surface area contributed by atoms with E-state index in [9.17, 15) is 9.18 Å². The number of rotatable bonds is 4. The molecule has 0 atom stereocenters. The Kier molecular flexibility index (Phi) is 3.65. The molecule has 1 aromatic carbocycles. The molecule has 1 fully saturated rings. The Bertz CT molecular complexity index is 481. The summed E-state index contributed by atoms with van der Waals surface area (Å²) in [5, 5.41) is 8.51. The summed E-state index contributed by atoms with van der Waals surface area (Å²) in [6.45, 7) is 0. The topological polar surface area (TPSA) is 40.5 Å². The third kappa shape index (κ3) is 2.70. The van der Waals surface area contributed by atoms with Crippen molar-refractivity contribution in [2.75, 3.05) is 11.9 Å². The van der Waals surface area contributed by atoms with E-state index in [-0.39, 0.29) is 5.82 Å². The molecule has 2 rings (SSSR count). The van der Waals surface area contributed by atoms with E-state index in [1.165, 1.54) is 18.6 Å². The normalized spacial score (nSPS) is 15.7. The van der Waals surface area contributed by atoms with Crippen molar-refractivity contribution >= 4 is 17.7 Å². The Balaban J connectivity index is 2.16. The Morgan fingerprint density at radius 1 is 1.50 bits per heavy atom. The van der Waals surface area contributed by atoms with Crippen LogP contribution in [-0.2, 0) is 4.79 Å². The number of nitrogens with zero attached hydrogens (tertiary/aromatic N) is 1. The second kappa shape index (κ2) is 5.21.